The lowest BCUT2D eigenvalue weighted by Crippen LogP contribution is -2.29. The number of thioether (sulfide) groups is 1. The third kappa shape index (κ3) is 4.08. The number of hydrogen-bond acceptors (Lipinski definition) is 5. The molecule has 1 saturated heterocycles. The molecule has 0 bridgehead atoms. The molecule has 1 amide bonds. The van der Waals surface area contributed by atoms with Crippen LogP contribution < -0.4 is 4.74 Å². The Bertz CT molecular complexity index is 690. The Labute approximate surface area is 142 Å². The van der Waals surface area contributed by atoms with Crippen molar-refractivity contribution in [3.8, 4) is 5.75 Å². The van der Waals surface area contributed by atoms with E-state index in [1.165, 1.54) is 30.2 Å². The van der Waals surface area contributed by atoms with Crippen LogP contribution in [0.25, 0.3) is 6.08 Å². The monoisotopic (exact) mass is 355 g/mol. The fraction of sp³-hybridized carbons (Fsp3) is 0.267. The molecule has 0 atom stereocenters. The van der Waals surface area contributed by atoms with E-state index in [1.54, 1.807) is 6.07 Å². The molecule has 0 radical (unpaired) electrons. The molecule has 122 valence electrons. The molecule has 0 unspecified atom stereocenters. The summed E-state index contributed by atoms with van der Waals surface area (Å²) in [5.74, 6) is -1.72. The molecule has 0 spiro atoms. The van der Waals surface area contributed by atoms with E-state index in [4.69, 9.17) is 22.1 Å². The first-order valence-electron chi connectivity index (χ1n) is 6.73. The first-order valence-corrected chi connectivity index (χ1v) is 7.96. The van der Waals surface area contributed by atoms with Gasteiger partial charge in [0.15, 0.2) is 11.6 Å². The highest BCUT2D eigenvalue weighted by Crippen LogP contribution is 2.34. The normalized spacial score (nSPS) is 16.3. The van der Waals surface area contributed by atoms with Crippen molar-refractivity contribution in [2.45, 2.75) is 12.8 Å². The number of aliphatic carboxylic acids is 1. The average molecular weight is 355 g/mol. The van der Waals surface area contributed by atoms with E-state index < -0.39 is 11.8 Å². The number of carboxylic acid groups (broad SMARTS) is 1. The zero-order chi connectivity index (χ0) is 17.0. The van der Waals surface area contributed by atoms with Gasteiger partial charge in [0.05, 0.1) is 12.0 Å². The molecule has 1 aromatic rings. The summed E-state index contributed by atoms with van der Waals surface area (Å²) in [6, 6.07) is 4.65. The van der Waals surface area contributed by atoms with E-state index in [2.05, 4.69) is 0 Å². The molecular formula is C15H14FNO4S2. The number of carbonyl (C=O) groups is 2. The number of thiocarbonyl (C=S) groups is 1. The van der Waals surface area contributed by atoms with Gasteiger partial charge in [0.2, 0.25) is 0 Å². The number of hydrogen-bond donors (Lipinski definition) is 1. The van der Waals surface area contributed by atoms with Crippen LogP contribution in [0.3, 0.4) is 0 Å². The number of halogens is 1. The van der Waals surface area contributed by atoms with Crippen LogP contribution in [0.2, 0.25) is 0 Å². The topological polar surface area (TPSA) is 66.8 Å². The van der Waals surface area contributed by atoms with E-state index in [0.717, 1.165) is 11.8 Å². The van der Waals surface area contributed by atoms with Crippen molar-refractivity contribution >= 4 is 46.3 Å². The maximum atomic E-state index is 14.1. The van der Waals surface area contributed by atoms with Gasteiger partial charge in [0, 0.05) is 18.5 Å². The van der Waals surface area contributed by atoms with Crippen molar-refractivity contribution in [2.75, 3.05) is 13.7 Å². The quantitative estimate of drug-likeness (QED) is 0.625. The lowest BCUT2D eigenvalue weighted by atomic mass is 10.2. The first kappa shape index (κ1) is 17.4. The van der Waals surface area contributed by atoms with Crippen molar-refractivity contribution in [3.63, 3.8) is 0 Å². The van der Waals surface area contributed by atoms with E-state index >= 15 is 0 Å². The van der Waals surface area contributed by atoms with Gasteiger partial charge >= 0.3 is 5.97 Å². The Morgan fingerprint density at radius 3 is 2.91 bits per heavy atom. The van der Waals surface area contributed by atoms with E-state index in [1.807, 2.05) is 0 Å². The Morgan fingerprint density at radius 2 is 2.26 bits per heavy atom. The molecule has 0 saturated carbocycles. The van der Waals surface area contributed by atoms with Gasteiger partial charge in [-0.05, 0) is 18.6 Å². The molecule has 1 fully saturated rings. The van der Waals surface area contributed by atoms with E-state index in [-0.39, 0.29) is 30.2 Å². The Balaban J connectivity index is 2.17. The molecule has 5 nitrogen and oxygen atoms in total. The standard InChI is InChI=1S/C15H14FNO4S2/c1-21-10-5-2-4-9(13(10)16)8-11-14(20)17(15(22)23-11)7-3-6-12(18)19/h2,4-5,8H,3,6-7H2,1H3,(H,18,19). The summed E-state index contributed by atoms with van der Waals surface area (Å²) >= 11 is 6.20. The highest BCUT2D eigenvalue weighted by atomic mass is 32.2. The van der Waals surface area contributed by atoms with Crippen LogP contribution in [0.4, 0.5) is 4.39 Å². The Morgan fingerprint density at radius 1 is 1.52 bits per heavy atom. The van der Waals surface area contributed by atoms with Crippen LogP contribution in [-0.2, 0) is 9.59 Å². The van der Waals surface area contributed by atoms with Gasteiger partial charge in [-0.25, -0.2) is 4.39 Å². The predicted molar refractivity (Wildman–Crippen MR) is 89.7 cm³/mol. The van der Waals surface area contributed by atoms with Gasteiger partial charge in [0.25, 0.3) is 5.91 Å². The summed E-state index contributed by atoms with van der Waals surface area (Å²) in [4.78, 5) is 24.5. The van der Waals surface area contributed by atoms with Crippen molar-refractivity contribution in [2.24, 2.45) is 0 Å². The number of methoxy groups -OCH3 is 1. The molecule has 8 heteroatoms. The fourth-order valence-corrected chi connectivity index (χ4v) is 3.32. The predicted octanol–water partition coefficient (Wildman–Crippen LogP) is 2.90. The van der Waals surface area contributed by atoms with Crippen LogP contribution in [-0.4, -0.2) is 39.9 Å². The van der Waals surface area contributed by atoms with Crippen LogP contribution >= 0.6 is 24.0 Å². The van der Waals surface area contributed by atoms with Gasteiger partial charge in [-0.3, -0.25) is 14.5 Å². The van der Waals surface area contributed by atoms with Crippen molar-refractivity contribution in [1.82, 2.24) is 4.90 Å². The maximum absolute atomic E-state index is 14.1. The molecule has 1 aliphatic heterocycles. The number of amides is 1. The lowest BCUT2D eigenvalue weighted by molar-refractivity contribution is -0.137. The van der Waals surface area contributed by atoms with Gasteiger partial charge in [-0.1, -0.05) is 36.1 Å². The fourth-order valence-electron chi connectivity index (χ4n) is 2.02. The SMILES string of the molecule is COc1cccc(C=C2SC(=S)N(CCCC(=O)O)C2=O)c1F. The summed E-state index contributed by atoms with van der Waals surface area (Å²) in [5.41, 5.74) is 0.232. The zero-order valence-corrected chi connectivity index (χ0v) is 13.9. The second-order valence-corrected chi connectivity index (χ2v) is 6.37. The summed E-state index contributed by atoms with van der Waals surface area (Å²) in [5, 5.41) is 8.64. The molecular weight excluding hydrogens is 341 g/mol. The van der Waals surface area contributed by atoms with Crippen LogP contribution in [0, 0.1) is 5.82 Å². The number of carbonyl (C=O) groups excluding carboxylic acids is 1. The Hall–Kier alpha value is -1.93. The summed E-state index contributed by atoms with van der Waals surface area (Å²) < 4.78 is 19.4. The minimum Gasteiger partial charge on any atom is -0.494 e. The largest absolute Gasteiger partial charge is 0.494 e. The number of benzene rings is 1. The minimum atomic E-state index is -0.926. The summed E-state index contributed by atoms with van der Waals surface area (Å²) in [7, 11) is 1.37. The number of rotatable bonds is 6. The first-order chi connectivity index (χ1) is 10.9. The van der Waals surface area contributed by atoms with Gasteiger partial charge in [0.1, 0.15) is 4.32 Å². The zero-order valence-electron chi connectivity index (χ0n) is 12.2. The van der Waals surface area contributed by atoms with Gasteiger partial charge in [-0.15, -0.1) is 0 Å². The van der Waals surface area contributed by atoms with Crippen LogP contribution in [0.15, 0.2) is 23.1 Å². The molecule has 0 aromatic heterocycles. The average Bonchev–Trinajstić information content (AvgIpc) is 2.76. The number of ether oxygens (including phenoxy) is 1. The molecule has 1 heterocycles. The smallest absolute Gasteiger partial charge is 0.303 e. The molecule has 1 N–H and O–H groups in total. The maximum Gasteiger partial charge on any atom is 0.303 e. The van der Waals surface area contributed by atoms with E-state index in [0.29, 0.717) is 15.6 Å². The summed E-state index contributed by atoms with van der Waals surface area (Å²) in [6.45, 7) is 0.231. The number of nitrogens with zero attached hydrogens (tertiary/aromatic N) is 1. The van der Waals surface area contributed by atoms with Crippen molar-refractivity contribution in [1.29, 1.82) is 0 Å². The Kier molecular flexibility index (Phi) is 5.73. The number of carboxylic acids is 1. The summed E-state index contributed by atoms with van der Waals surface area (Å²) in [6.07, 6.45) is 1.69. The molecule has 0 aliphatic carbocycles. The second kappa shape index (κ2) is 7.56. The third-order valence-electron chi connectivity index (χ3n) is 3.15. The molecule has 1 aromatic carbocycles. The second-order valence-electron chi connectivity index (χ2n) is 4.69. The highest BCUT2D eigenvalue weighted by molar-refractivity contribution is 8.26. The minimum absolute atomic E-state index is 0.0411. The van der Waals surface area contributed by atoms with Gasteiger partial charge in [-0.2, -0.15) is 0 Å². The van der Waals surface area contributed by atoms with Crippen molar-refractivity contribution in [3.05, 3.63) is 34.5 Å². The lowest BCUT2D eigenvalue weighted by Gasteiger charge is -2.13. The van der Waals surface area contributed by atoms with Crippen LogP contribution in [0.5, 0.6) is 5.75 Å². The molecule has 1 aliphatic rings. The van der Waals surface area contributed by atoms with Crippen LogP contribution in [0.1, 0.15) is 18.4 Å². The molecule has 2 rings (SSSR count). The molecule has 23 heavy (non-hydrogen) atoms. The van der Waals surface area contributed by atoms with E-state index in [9.17, 15) is 14.0 Å². The van der Waals surface area contributed by atoms with Crippen molar-refractivity contribution < 1.29 is 23.8 Å². The van der Waals surface area contributed by atoms with Gasteiger partial charge < -0.3 is 9.84 Å². The third-order valence-corrected chi connectivity index (χ3v) is 4.52. The highest BCUT2D eigenvalue weighted by Gasteiger charge is 2.31.